The van der Waals surface area contributed by atoms with Crippen LogP contribution in [0.4, 0.5) is 0 Å². The molecule has 4 heteroatoms. The minimum absolute atomic E-state index is 0.0203. The van der Waals surface area contributed by atoms with Crippen molar-refractivity contribution in [2.24, 2.45) is 5.92 Å². The molecule has 1 N–H and O–H groups in total. The molecule has 11 heavy (non-hydrogen) atoms. The highest BCUT2D eigenvalue weighted by atomic mass is 16.3. The summed E-state index contributed by atoms with van der Waals surface area (Å²) in [6, 6.07) is 0. The van der Waals surface area contributed by atoms with Gasteiger partial charge in [0.05, 0.1) is 0 Å². The van der Waals surface area contributed by atoms with Crippen LogP contribution in [0.5, 0.6) is 0 Å². The predicted octanol–water partition coefficient (Wildman–Crippen LogP) is -0.113. The van der Waals surface area contributed by atoms with Crippen molar-refractivity contribution in [3.8, 4) is 0 Å². The lowest BCUT2D eigenvalue weighted by molar-refractivity contribution is 0.264. The Bertz CT molecular complexity index is 307. The van der Waals surface area contributed by atoms with Gasteiger partial charge in [0.15, 0.2) is 5.82 Å². The van der Waals surface area contributed by atoms with Gasteiger partial charge < -0.3 is 9.67 Å². The fourth-order valence-corrected chi connectivity index (χ4v) is 1.94. The van der Waals surface area contributed by atoms with Gasteiger partial charge >= 0.3 is 0 Å². The fraction of sp³-hybridized carbons (Fsp3) is 0.714. The molecule has 2 aliphatic rings. The minimum Gasteiger partial charge on any atom is -0.388 e. The summed E-state index contributed by atoms with van der Waals surface area (Å²) in [5, 5.41) is 16.8. The molecule has 0 unspecified atom stereocenters. The van der Waals surface area contributed by atoms with Crippen LogP contribution in [-0.2, 0) is 13.2 Å². The normalized spacial score (nSPS) is 31.7. The summed E-state index contributed by atoms with van der Waals surface area (Å²) in [6.07, 6.45) is 1.28. The van der Waals surface area contributed by atoms with Crippen LogP contribution in [0.15, 0.2) is 0 Å². The number of aliphatic hydroxyl groups excluding tert-OH is 1. The van der Waals surface area contributed by atoms with E-state index in [-0.39, 0.29) is 6.61 Å². The molecule has 1 saturated carbocycles. The number of aliphatic hydroxyl groups is 1. The van der Waals surface area contributed by atoms with Crippen LogP contribution < -0.4 is 0 Å². The topological polar surface area (TPSA) is 50.9 Å². The second kappa shape index (κ2) is 1.64. The summed E-state index contributed by atoms with van der Waals surface area (Å²) in [4.78, 5) is 0. The number of hydrogen-bond acceptors (Lipinski definition) is 3. The van der Waals surface area contributed by atoms with Gasteiger partial charge in [0.1, 0.15) is 12.4 Å². The molecule has 0 spiro atoms. The van der Waals surface area contributed by atoms with Crippen molar-refractivity contribution in [2.75, 3.05) is 0 Å². The lowest BCUT2D eigenvalue weighted by Gasteiger charge is -2.00. The zero-order valence-electron chi connectivity index (χ0n) is 6.06. The van der Waals surface area contributed by atoms with Gasteiger partial charge in [-0.2, -0.15) is 0 Å². The summed E-state index contributed by atoms with van der Waals surface area (Å²) in [5.74, 6) is 3.31. The fourth-order valence-electron chi connectivity index (χ4n) is 1.94. The largest absolute Gasteiger partial charge is 0.388 e. The molecule has 1 aromatic rings. The van der Waals surface area contributed by atoms with Crippen molar-refractivity contribution in [1.29, 1.82) is 0 Å². The van der Waals surface area contributed by atoms with Crippen LogP contribution in [-0.4, -0.2) is 19.9 Å². The van der Waals surface area contributed by atoms with Crippen molar-refractivity contribution in [3.05, 3.63) is 11.6 Å². The first-order valence-electron chi connectivity index (χ1n) is 3.93. The second-order valence-electron chi connectivity index (χ2n) is 3.35. The molecule has 0 bridgehead atoms. The van der Waals surface area contributed by atoms with Crippen LogP contribution in [0, 0.1) is 5.92 Å². The summed E-state index contributed by atoms with van der Waals surface area (Å²) in [5.41, 5.74) is 0. The van der Waals surface area contributed by atoms with Gasteiger partial charge in [-0.1, -0.05) is 0 Å². The van der Waals surface area contributed by atoms with Gasteiger partial charge in [-0.15, -0.1) is 10.2 Å². The van der Waals surface area contributed by atoms with Gasteiger partial charge in [-0.25, -0.2) is 0 Å². The highest BCUT2D eigenvalue weighted by Gasteiger charge is 2.48. The van der Waals surface area contributed by atoms with Crippen molar-refractivity contribution in [2.45, 2.75) is 25.5 Å². The molecule has 4 nitrogen and oxygen atoms in total. The van der Waals surface area contributed by atoms with Crippen molar-refractivity contribution >= 4 is 0 Å². The molecule has 1 aromatic heterocycles. The number of aromatic nitrogens is 3. The average Bonchev–Trinajstić information content (AvgIpc) is 2.55. The Labute approximate surface area is 63.9 Å². The zero-order chi connectivity index (χ0) is 7.42. The standard InChI is InChI=1S/C7H9N3O/c11-3-6-8-9-7-5-1-4(5)2-10(6)7/h4-5,11H,1-3H2/t4-,5-/m0/s1. The van der Waals surface area contributed by atoms with Crippen LogP contribution in [0.2, 0.25) is 0 Å². The molecule has 0 amide bonds. The van der Waals surface area contributed by atoms with E-state index in [4.69, 9.17) is 5.11 Å². The van der Waals surface area contributed by atoms with Gasteiger partial charge in [-0.05, 0) is 12.3 Å². The Balaban J connectivity index is 2.12. The SMILES string of the molecule is OCc1nnc2n1C[C@@H]1C[C@H]21. The molecular formula is C7H9N3O. The Morgan fingerprint density at radius 1 is 1.55 bits per heavy atom. The van der Waals surface area contributed by atoms with E-state index in [0.29, 0.717) is 5.92 Å². The first-order chi connectivity index (χ1) is 5.40. The first kappa shape index (κ1) is 5.71. The Hall–Kier alpha value is -0.900. The zero-order valence-corrected chi connectivity index (χ0v) is 6.06. The third-order valence-electron chi connectivity index (χ3n) is 2.67. The molecule has 1 fully saturated rings. The van der Waals surface area contributed by atoms with Crippen molar-refractivity contribution in [1.82, 2.24) is 14.8 Å². The maximum absolute atomic E-state index is 8.87. The maximum Gasteiger partial charge on any atom is 0.158 e. The van der Waals surface area contributed by atoms with Crippen LogP contribution in [0.25, 0.3) is 0 Å². The van der Waals surface area contributed by atoms with Crippen molar-refractivity contribution in [3.63, 3.8) is 0 Å². The van der Waals surface area contributed by atoms with E-state index >= 15 is 0 Å². The van der Waals surface area contributed by atoms with E-state index in [0.717, 1.165) is 24.1 Å². The van der Waals surface area contributed by atoms with E-state index in [9.17, 15) is 0 Å². The molecule has 3 rings (SSSR count). The lowest BCUT2D eigenvalue weighted by Crippen LogP contribution is -2.03. The second-order valence-corrected chi connectivity index (χ2v) is 3.35. The number of nitrogens with zero attached hydrogens (tertiary/aromatic N) is 3. The quantitative estimate of drug-likeness (QED) is 0.609. The molecule has 58 valence electrons. The smallest absolute Gasteiger partial charge is 0.158 e. The molecule has 0 aromatic carbocycles. The summed E-state index contributed by atoms with van der Waals surface area (Å²) in [6.45, 7) is 1.05. The molecular weight excluding hydrogens is 142 g/mol. The van der Waals surface area contributed by atoms with Crippen LogP contribution in [0.3, 0.4) is 0 Å². The van der Waals surface area contributed by atoms with E-state index in [2.05, 4.69) is 14.8 Å². The highest BCUT2D eigenvalue weighted by Crippen LogP contribution is 2.52. The number of rotatable bonds is 1. The monoisotopic (exact) mass is 151 g/mol. The van der Waals surface area contributed by atoms with E-state index < -0.39 is 0 Å². The molecule has 2 heterocycles. The summed E-state index contributed by atoms with van der Waals surface area (Å²) >= 11 is 0. The Morgan fingerprint density at radius 3 is 3.27 bits per heavy atom. The first-order valence-corrected chi connectivity index (χ1v) is 3.93. The van der Waals surface area contributed by atoms with Gasteiger partial charge in [-0.3, -0.25) is 0 Å². The minimum atomic E-state index is 0.0203. The van der Waals surface area contributed by atoms with E-state index in [1.165, 1.54) is 6.42 Å². The average molecular weight is 151 g/mol. The Morgan fingerprint density at radius 2 is 2.45 bits per heavy atom. The highest BCUT2D eigenvalue weighted by molar-refractivity contribution is 5.18. The van der Waals surface area contributed by atoms with Crippen molar-refractivity contribution < 1.29 is 5.11 Å². The number of fused-ring (bicyclic) bond motifs is 3. The molecule has 1 aliphatic carbocycles. The maximum atomic E-state index is 8.87. The van der Waals surface area contributed by atoms with E-state index in [1.807, 2.05) is 0 Å². The summed E-state index contributed by atoms with van der Waals surface area (Å²) < 4.78 is 2.05. The lowest BCUT2D eigenvalue weighted by atomic mass is 10.4. The van der Waals surface area contributed by atoms with Crippen LogP contribution >= 0.6 is 0 Å². The predicted molar refractivity (Wildman–Crippen MR) is 36.8 cm³/mol. The molecule has 2 atom stereocenters. The van der Waals surface area contributed by atoms with Crippen LogP contribution in [0.1, 0.15) is 24.0 Å². The van der Waals surface area contributed by atoms with Gasteiger partial charge in [0.2, 0.25) is 0 Å². The third-order valence-corrected chi connectivity index (χ3v) is 2.67. The van der Waals surface area contributed by atoms with Gasteiger partial charge in [0.25, 0.3) is 0 Å². The van der Waals surface area contributed by atoms with Gasteiger partial charge in [0, 0.05) is 12.5 Å². The summed E-state index contributed by atoms with van der Waals surface area (Å²) in [7, 11) is 0. The molecule has 0 saturated heterocycles. The molecule has 1 aliphatic heterocycles. The number of hydrogen-bond donors (Lipinski definition) is 1. The third kappa shape index (κ3) is 0.581. The Kier molecular flexibility index (Phi) is 0.850. The van der Waals surface area contributed by atoms with E-state index in [1.54, 1.807) is 0 Å². The molecule has 0 radical (unpaired) electrons.